The van der Waals surface area contributed by atoms with Gasteiger partial charge >= 0.3 is 0 Å². The molecule has 2 heterocycles. The fourth-order valence-corrected chi connectivity index (χ4v) is 4.90. The molecule has 0 bridgehead atoms. The quantitative estimate of drug-likeness (QED) is 0.677. The van der Waals surface area contributed by atoms with Gasteiger partial charge in [-0.25, -0.2) is 0 Å². The third kappa shape index (κ3) is 3.38. The van der Waals surface area contributed by atoms with E-state index in [9.17, 15) is 4.79 Å². The lowest BCUT2D eigenvalue weighted by Crippen LogP contribution is -2.45. The minimum absolute atomic E-state index is 0.0314. The molecule has 2 atom stereocenters. The number of rotatable bonds is 4. The van der Waals surface area contributed by atoms with Crippen molar-refractivity contribution >= 4 is 39.6 Å². The minimum Gasteiger partial charge on any atom is -0.396 e. The zero-order valence-corrected chi connectivity index (χ0v) is 14.9. The maximum atomic E-state index is 12.3. The average Bonchev–Trinajstić information content (AvgIpc) is 2.73. The van der Waals surface area contributed by atoms with E-state index in [1.54, 1.807) is 11.8 Å². The van der Waals surface area contributed by atoms with Crippen LogP contribution in [0.2, 0.25) is 0 Å². The van der Waals surface area contributed by atoms with Crippen LogP contribution in [0.1, 0.15) is 37.4 Å². The van der Waals surface area contributed by atoms with Crippen LogP contribution in [-0.4, -0.2) is 37.3 Å². The SMILES string of the molecule is CSc1c(N2C[C@@H](C)O[C@@H](C)C2)sc(C(=O)C(C)C)c1N. The van der Waals surface area contributed by atoms with Crippen LogP contribution >= 0.6 is 23.1 Å². The summed E-state index contributed by atoms with van der Waals surface area (Å²) in [5, 5.41) is 1.12. The molecule has 1 fully saturated rings. The normalized spacial score (nSPS) is 22.9. The van der Waals surface area contributed by atoms with E-state index in [1.165, 1.54) is 11.3 Å². The number of thiophene rings is 1. The number of nitrogens with zero attached hydrogens (tertiary/aromatic N) is 1. The van der Waals surface area contributed by atoms with Crippen molar-refractivity contribution in [3.8, 4) is 0 Å². The number of carbonyl (C=O) groups excluding carboxylic acids is 1. The van der Waals surface area contributed by atoms with Gasteiger partial charge in [0.25, 0.3) is 0 Å². The first-order valence-electron chi connectivity index (χ1n) is 7.26. The van der Waals surface area contributed by atoms with Crippen molar-refractivity contribution in [3.05, 3.63) is 4.88 Å². The van der Waals surface area contributed by atoms with Gasteiger partial charge in [-0.2, -0.15) is 0 Å². The highest BCUT2D eigenvalue weighted by molar-refractivity contribution is 7.99. The second-order valence-corrected chi connectivity index (χ2v) is 7.68. The van der Waals surface area contributed by atoms with Gasteiger partial charge in [-0.1, -0.05) is 13.8 Å². The zero-order valence-electron chi connectivity index (χ0n) is 13.3. The summed E-state index contributed by atoms with van der Waals surface area (Å²) in [5.41, 5.74) is 6.89. The van der Waals surface area contributed by atoms with E-state index in [-0.39, 0.29) is 23.9 Å². The predicted octanol–water partition coefficient (Wildman–Crippen LogP) is 3.50. The third-order valence-corrected chi connectivity index (χ3v) is 5.77. The van der Waals surface area contributed by atoms with Crippen LogP contribution in [0.5, 0.6) is 0 Å². The number of hydrogen-bond acceptors (Lipinski definition) is 6. The number of morpholine rings is 1. The Morgan fingerprint density at radius 1 is 1.38 bits per heavy atom. The lowest BCUT2D eigenvalue weighted by Gasteiger charge is -2.36. The number of carbonyl (C=O) groups is 1. The number of thioether (sulfide) groups is 1. The van der Waals surface area contributed by atoms with Crippen molar-refractivity contribution < 1.29 is 9.53 Å². The maximum absolute atomic E-state index is 12.3. The number of anilines is 2. The Kier molecular flexibility index (Phi) is 5.22. The summed E-state index contributed by atoms with van der Waals surface area (Å²) in [7, 11) is 0. The highest BCUT2D eigenvalue weighted by Gasteiger charge is 2.29. The summed E-state index contributed by atoms with van der Waals surface area (Å²) in [4.78, 5) is 16.4. The van der Waals surface area contributed by atoms with Crippen LogP contribution in [0.3, 0.4) is 0 Å². The lowest BCUT2D eigenvalue weighted by atomic mass is 10.1. The van der Waals surface area contributed by atoms with E-state index in [0.717, 1.165) is 23.0 Å². The number of nitrogen functional groups attached to an aromatic ring is 1. The van der Waals surface area contributed by atoms with Crippen molar-refractivity contribution in [3.63, 3.8) is 0 Å². The highest BCUT2D eigenvalue weighted by atomic mass is 32.2. The monoisotopic (exact) mass is 328 g/mol. The van der Waals surface area contributed by atoms with Gasteiger partial charge in [-0.15, -0.1) is 23.1 Å². The first kappa shape index (κ1) is 16.6. The van der Waals surface area contributed by atoms with Crippen molar-refractivity contribution in [1.82, 2.24) is 0 Å². The number of hydrogen-bond donors (Lipinski definition) is 1. The summed E-state index contributed by atoms with van der Waals surface area (Å²) in [6.07, 6.45) is 2.39. The summed E-state index contributed by atoms with van der Waals surface area (Å²) < 4.78 is 5.79. The molecule has 0 amide bonds. The molecule has 21 heavy (non-hydrogen) atoms. The summed E-state index contributed by atoms with van der Waals surface area (Å²) >= 11 is 3.15. The van der Waals surface area contributed by atoms with Crippen molar-refractivity contribution in [2.75, 3.05) is 30.0 Å². The van der Waals surface area contributed by atoms with Gasteiger partial charge in [0, 0.05) is 19.0 Å². The van der Waals surface area contributed by atoms with Crippen LogP contribution in [0.25, 0.3) is 0 Å². The molecule has 1 aromatic rings. The number of ketones is 1. The van der Waals surface area contributed by atoms with Gasteiger partial charge in [-0.3, -0.25) is 4.79 Å². The Bertz CT molecular complexity index is 518. The summed E-state index contributed by atoms with van der Waals surface area (Å²) in [6, 6.07) is 0. The second kappa shape index (κ2) is 6.58. The Labute approximate surface area is 135 Å². The van der Waals surface area contributed by atoms with Gasteiger partial charge in [-0.05, 0) is 20.1 Å². The first-order valence-corrected chi connectivity index (χ1v) is 9.30. The molecule has 4 nitrogen and oxygen atoms in total. The Morgan fingerprint density at radius 3 is 2.43 bits per heavy atom. The molecule has 0 unspecified atom stereocenters. The fraction of sp³-hybridized carbons (Fsp3) is 0.667. The summed E-state index contributed by atoms with van der Waals surface area (Å²) in [6.45, 7) is 9.68. The molecule has 2 rings (SSSR count). The molecule has 1 aliphatic heterocycles. The third-order valence-electron chi connectivity index (χ3n) is 3.54. The van der Waals surface area contributed by atoms with E-state index in [1.807, 2.05) is 20.1 Å². The summed E-state index contributed by atoms with van der Waals surface area (Å²) in [5.74, 6) is 0.101. The molecule has 0 aromatic carbocycles. The number of nitrogens with two attached hydrogens (primary N) is 1. The zero-order chi connectivity index (χ0) is 15.7. The number of ether oxygens (including phenoxy) is 1. The van der Waals surface area contributed by atoms with Gasteiger partial charge in [0.05, 0.1) is 27.7 Å². The second-order valence-electron chi connectivity index (χ2n) is 5.86. The van der Waals surface area contributed by atoms with E-state index in [4.69, 9.17) is 10.5 Å². The molecule has 0 saturated carbocycles. The van der Waals surface area contributed by atoms with Crippen LogP contribution in [-0.2, 0) is 4.74 Å². The van der Waals surface area contributed by atoms with Gasteiger partial charge in [0.15, 0.2) is 5.78 Å². The van der Waals surface area contributed by atoms with Gasteiger partial charge in [0.1, 0.15) is 5.00 Å². The minimum atomic E-state index is -0.0314. The lowest BCUT2D eigenvalue weighted by molar-refractivity contribution is -0.00513. The maximum Gasteiger partial charge on any atom is 0.177 e. The van der Waals surface area contributed by atoms with Crippen LogP contribution in [0, 0.1) is 5.92 Å². The smallest absolute Gasteiger partial charge is 0.177 e. The molecule has 6 heteroatoms. The number of Topliss-reactive ketones (excluding diaryl/α,β-unsaturated/α-hetero) is 1. The van der Waals surface area contributed by atoms with Crippen LogP contribution in [0.4, 0.5) is 10.7 Å². The van der Waals surface area contributed by atoms with Crippen LogP contribution < -0.4 is 10.6 Å². The highest BCUT2D eigenvalue weighted by Crippen LogP contribution is 2.45. The van der Waals surface area contributed by atoms with Gasteiger partial charge < -0.3 is 15.4 Å². The topological polar surface area (TPSA) is 55.6 Å². The fourth-order valence-electron chi connectivity index (χ4n) is 2.61. The largest absolute Gasteiger partial charge is 0.396 e. The van der Waals surface area contributed by atoms with Crippen molar-refractivity contribution in [2.24, 2.45) is 5.92 Å². The Hall–Kier alpha value is -0.720. The standard InChI is InChI=1S/C15H24N2O2S2/c1-8(2)12(18)13-11(16)14(20-5)15(21-13)17-6-9(3)19-10(4)7-17/h8-10H,6-7,16H2,1-5H3/t9-,10+. The van der Waals surface area contributed by atoms with Gasteiger partial charge in [0.2, 0.25) is 0 Å². The Balaban J connectivity index is 2.39. The van der Waals surface area contributed by atoms with Crippen molar-refractivity contribution in [2.45, 2.75) is 44.8 Å². The molecule has 0 aliphatic carbocycles. The molecule has 118 valence electrons. The molecular weight excluding hydrogens is 304 g/mol. The predicted molar refractivity (Wildman–Crippen MR) is 91.9 cm³/mol. The molecule has 1 saturated heterocycles. The van der Waals surface area contributed by atoms with Crippen LogP contribution in [0.15, 0.2) is 4.90 Å². The van der Waals surface area contributed by atoms with E-state index >= 15 is 0 Å². The molecule has 0 radical (unpaired) electrons. The molecular formula is C15H24N2O2S2. The van der Waals surface area contributed by atoms with E-state index < -0.39 is 0 Å². The Morgan fingerprint density at radius 2 is 1.95 bits per heavy atom. The molecule has 0 spiro atoms. The van der Waals surface area contributed by atoms with Crippen molar-refractivity contribution in [1.29, 1.82) is 0 Å². The average molecular weight is 329 g/mol. The molecule has 1 aromatic heterocycles. The van der Waals surface area contributed by atoms with E-state index in [2.05, 4.69) is 18.7 Å². The molecule has 1 aliphatic rings. The molecule has 2 N–H and O–H groups in total. The van der Waals surface area contributed by atoms with E-state index in [0.29, 0.717) is 10.6 Å². The first-order chi connectivity index (χ1) is 9.85.